The molecule has 1 heterocycles. The van der Waals surface area contributed by atoms with E-state index in [4.69, 9.17) is 10.5 Å². The van der Waals surface area contributed by atoms with Crippen molar-refractivity contribution in [3.05, 3.63) is 0 Å². The van der Waals surface area contributed by atoms with Crippen LogP contribution in [-0.2, 0) is 9.53 Å². The number of nitrogens with two attached hydrogens (primary N) is 1. The van der Waals surface area contributed by atoms with Gasteiger partial charge in [-0.25, -0.2) is 0 Å². The summed E-state index contributed by atoms with van der Waals surface area (Å²) in [6, 6.07) is -0.355. The van der Waals surface area contributed by atoms with E-state index in [2.05, 4.69) is 12.2 Å². The predicted octanol–water partition coefficient (Wildman–Crippen LogP) is 1.86. The lowest BCUT2D eigenvalue weighted by molar-refractivity contribution is -0.124. The smallest absolute Gasteiger partial charge is 0.237 e. The molecule has 1 unspecified atom stereocenters. The van der Waals surface area contributed by atoms with Gasteiger partial charge in [0.05, 0.1) is 6.04 Å². The molecule has 0 aromatic heterocycles. The quantitative estimate of drug-likeness (QED) is 0.785. The molecule has 2 rings (SSSR count). The van der Waals surface area contributed by atoms with Gasteiger partial charge in [0.25, 0.3) is 0 Å². The first-order valence-electron chi connectivity index (χ1n) is 7.28. The van der Waals surface area contributed by atoms with Crippen LogP contribution in [-0.4, -0.2) is 31.7 Å². The molecule has 1 aliphatic heterocycles. The Kier molecular flexibility index (Phi) is 6.57. The summed E-state index contributed by atoms with van der Waals surface area (Å²) in [4.78, 5) is 12.0. The van der Waals surface area contributed by atoms with Gasteiger partial charge in [0.1, 0.15) is 0 Å². The van der Waals surface area contributed by atoms with Gasteiger partial charge in [0, 0.05) is 19.8 Å². The van der Waals surface area contributed by atoms with Gasteiger partial charge >= 0.3 is 0 Å². The fraction of sp³-hybridized carbons (Fsp3) is 0.929. The molecular weight excluding hydrogens is 264 g/mol. The van der Waals surface area contributed by atoms with E-state index in [1.807, 2.05) is 0 Å². The zero-order chi connectivity index (χ0) is 13.0. The van der Waals surface area contributed by atoms with Crippen LogP contribution in [0, 0.1) is 11.3 Å². The second kappa shape index (κ2) is 7.46. The minimum Gasteiger partial charge on any atom is -0.381 e. The third-order valence-corrected chi connectivity index (χ3v) is 4.45. The molecule has 19 heavy (non-hydrogen) atoms. The van der Waals surface area contributed by atoms with Gasteiger partial charge in [-0.05, 0) is 43.4 Å². The van der Waals surface area contributed by atoms with Crippen LogP contribution in [0.2, 0.25) is 0 Å². The molecule has 0 bridgehead atoms. The van der Waals surface area contributed by atoms with Crippen LogP contribution in [0.5, 0.6) is 0 Å². The van der Waals surface area contributed by atoms with Crippen LogP contribution in [0.3, 0.4) is 0 Å². The van der Waals surface area contributed by atoms with Crippen molar-refractivity contribution in [2.75, 3.05) is 19.8 Å². The summed E-state index contributed by atoms with van der Waals surface area (Å²) in [5.41, 5.74) is 6.45. The Bertz CT molecular complexity index is 289. The number of carbonyl (C=O) groups is 1. The monoisotopic (exact) mass is 290 g/mol. The van der Waals surface area contributed by atoms with Crippen molar-refractivity contribution < 1.29 is 9.53 Å². The van der Waals surface area contributed by atoms with Crippen LogP contribution in [0.15, 0.2) is 0 Å². The van der Waals surface area contributed by atoms with E-state index in [9.17, 15) is 4.79 Å². The molecule has 1 saturated heterocycles. The maximum atomic E-state index is 12.0. The van der Waals surface area contributed by atoms with E-state index in [0.29, 0.717) is 11.3 Å². The number of carbonyl (C=O) groups excluding carboxylic acids is 1. The van der Waals surface area contributed by atoms with Gasteiger partial charge in [0.15, 0.2) is 0 Å². The molecule has 5 heteroatoms. The molecule has 1 atom stereocenters. The standard InChI is InChI=1S/C14H26N2O2.ClH/c1-2-5-14(6-7-14)10-16-13(17)12(15)11-3-8-18-9-4-11;/h11-12H,2-10,15H2,1H3,(H,16,17);1H. The van der Waals surface area contributed by atoms with Gasteiger partial charge in [-0.1, -0.05) is 13.3 Å². The Balaban J connectivity index is 0.00000180. The summed E-state index contributed by atoms with van der Waals surface area (Å²) in [5, 5.41) is 3.06. The van der Waals surface area contributed by atoms with Gasteiger partial charge in [-0.15, -0.1) is 12.4 Å². The first-order valence-corrected chi connectivity index (χ1v) is 7.28. The highest BCUT2D eigenvalue weighted by Crippen LogP contribution is 2.48. The second-order valence-electron chi connectivity index (χ2n) is 5.94. The second-order valence-corrected chi connectivity index (χ2v) is 5.94. The van der Waals surface area contributed by atoms with E-state index in [-0.39, 0.29) is 24.4 Å². The van der Waals surface area contributed by atoms with Crippen molar-refractivity contribution in [1.29, 1.82) is 0 Å². The van der Waals surface area contributed by atoms with Crippen molar-refractivity contribution >= 4 is 18.3 Å². The van der Waals surface area contributed by atoms with Crippen molar-refractivity contribution in [3.63, 3.8) is 0 Å². The maximum Gasteiger partial charge on any atom is 0.237 e. The molecule has 1 aliphatic carbocycles. The first kappa shape index (κ1) is 16.7. The average Bonchev–Trinajstić information content (AvgIpc) is 3.17. The first-order chi connectivity index (χ1) is 8.67. The fourth-order valence-electron chi connectivity index (χ4n) is 2.90. The zero-order valence-corrected chi connectivity index (χ0v) is 12.6. The Morgan fingerprint density at radius 1 is 1.42 bits per heavy atom. The predicted molar refractivity (Wildman–Crippen MR) is 78.4 cm³/mol. The molecule has 0 radical (unpaired) electrons. The molecule has 3 N–H and O–H groups in total. The number of rotatable bonds is 6. The number of amides is 1. The van der Waals surface area contributed by atoms with Crippen molar-refractivity contribution in [2.24, 2.45) is 17.1 Å². The molecule has 1 saturated carbocycles. The number of halogens is 1. The third kappa shape index (κ3) is 4.62. The van der Waals surface area contributed by atoms with E-state index in [0.717, 1.165) is 32.6 Å². The van der Waals surface area contributed by atoms with Crippen molar-refractivity contribution in [1.82, 2.24) is 5.32 Å². The van der Waals surface area contributed by atoms with Crippen LogP contribution in [0.1, 0.15) is 45.4 Å². The highest BCUT2D eigenvalue weighted by molar-refractivity contribution is 5.85. The minimum atomic E-state index is -0.355. The average molecular weight is 291 g/mol. The number of ether oxygens (including phenoxy) is 1. The SMILES string of the molecule is CCCC1(CNC(=O)C(N)C2CCOCC2)CC1.Cl. The summed E-state index contributed by atoms with van der Waals surface area (Å²) >= 11 is 0. The molecule has 0 spiro atoms. The van der Waals surface area contributed by atoms with Crippen LogP contribution < -0.4 is 11.1 Å². The molecule has 2 aliphatic rings. The summed E-state index contributed by atoms with van der Waals surface area (Å²) in [7, 11) is 0. The molecule has 1 amide bonds. The Morgan fingerprint density at radius 3 is 2.58 bits per heavy atom. The van der Waals surface area contributed by atoms with Crippen LogP contribution in [0.25, 0.3) is 0 Å². The number of nitrogens with one attached hydrogen (secondary N) is 1. The largest absolute Gasteiger partial charge is 0.381 e. The van der Waals surface area contributed by atoms with Crippen LogP contribution >= 0.6 is 12.4 Å². The third-order valence-electron chi connectivity index (χ3n) is 4.45. The summed E-state index contributed by atoms with van der Waals surface area (Å²) in [6.45, 7) is 4.50. The maximum absolute atomic E-state index is 12.0. The molecular formula is C14H27ClN2O2. The Hall–Kier alpha value is -0.320. The lowest BCUT2D eigenvalue weighted by atomic mass is 9.91. The Morgan fingerprint density at radius 2 is 2.05 bits per heavy atom. The molecule has 4 nitrogen and oxygen atoms in total. The lowest BCUT2D eigenvalue weighted by Gasteiger charge is -2.27. The molecule has 112 valence electrons. The van der Waals surface area contributed by atoms with E-state index in [1.54, 1.807) is 0 Å². The van der Waals surface area contributed by atoms with Crippen molar-refractivity contribution in [2.45, 2.75) is 51.5 Å². The Labute approximate surface area is 122 Å². The molecule has 0 aromatic carbocycles. The summed E-state index contributed by atoms with van der Waals surface area (Å²) in [5.74, 6) is 0.323. The molecule has 0 aromatic rings. The van der Waals surface area contributed by atoms with E-state index >= 15 is 0 Å². The fourth-order valence-corrected chi connectivity index (χ4v) is 2.90. The lowest BCUT2D eigenvalue weighted by Crippen LogP contribution is -2.48. The normalized spacial score (nSPS) is 23.3. The van der Waals surface area contributed by atoms with Crippen LogP contribution in [0.4, 0.5) is 0 Å². The van der Waals surface area contributed by atoms with Gasteiger partial charge in [-0.3, -0.25) is 4.79 Å². The summed E-state index contributed by atoms with van der Waals surface area (Å²) in [6.07, 6.45) is 6.76. The molecule has 2 fully saturated rings. The highest BCUT2D eigenvalue weighted by Gasteiger charge is 2.42. The highest BCUT2D eigenvalue weighted by atomic mass is 35.5. The van der Waals surface area contributed by atoms with E-state index < -0.39 is 0 Å². The number of hydrogen-bond donors (Lipinski definition) is 2. The van der Waals surface area contributed by atoms with Gasteiger partial charge < -0.3 is 15.8 Å². The number of hydrogen-bond acceptors (Lipinski definition) is 3. The van der Waals surface area contributed by atoms with Gasteiger partial charge in [0.2, 0.25) is 5.91 Å². The van der Waals surface area contributed by atoms with E-state index in [1.165, 1.54) is 25.7 Å². The van der Waals surface area contributed by atoms with Gasteiger partial charge in [-0.2, -0.15) is 0 Å². The summed E-state index contributed by atoms with van der Waals surface area (Å²) < 4.78 is 5.30. The topological polar surface area (TPSA) is 64.4 Å². The minimum absolute atomic E-state index is 0. The van der Waals surface area contributed by atoms with Crippen molar-refractivity contribution in [3.8, 4) is 0 Å². The zero-order valence-electron chi connectivity index (χ0n) is 11.8.